The number of ether oxygens (including phenoxy) is 15. The standard InChI is InChI=1S/C45H64O15/c1-29(26-54-38-42-39(55-27-30-10-6-4-7-11-30)44-40(43(38)59-45(58-42)60-44)56-28-31-12-8-5-9-13-31)50-22-23-53-37-34-25-32-24-33(35(34)51-20-18-48-16-14-46-2)36(41(37)57-32)52-21-19-49-17-15-47-3/h4-13,29,32-45H,14-28H2,1-3H3/t29-,32?,33?,34?,35?,36?,37?,38?,39?,40?,41?,42?,43?,44?,45?/m1/s1. The van der Waals surface area contributed by atoms with E-state index in [1.165, 1.54) is 0 Å². The van der Waals surface area contributed by atoms with Crippen LogP contribution in [-0.4, -0.2) is 167 Å². The quantitative estimate of drug-likeness (QED) is 0.115. The van der Waals surface area contributed by atoms with Crippen molar-refractivity contribution in [2.45, 2.75) is 113 Å². The molecule has 60 heavy (non-hydrogen) atoms. The number of rotatable bonds is 28. The monoisotopic (exact) mass is 844 g/mol. The summed E-state index contributed by atoms with van der Waals surface area (Å²) in [6.45, 7) is 7.14. The lowest BCUT2D eigenvalue weighted by Gasteiger charge is -2.60. The van der Waals surface area contributed by atoms with E-state index in [-0.39, 0.29) is 54.6 Å². The minimum atomic E-state index is -0.795. The first kappa shape index (κ1) is 44.4. The average Bonchev–Trinajstić information content (AvgIpc) is 3.27. The van der Waals surface area contributed by atoms with Crippen molar-refractivity contribution >= 4 is 0 Å². The molecule has 11 unspecified atom stereocenters. The van der Waals surface area contributed by atoms with Gasteiger partial charge in [-0.05, 0) is 30.9 Å². The van der Waals surface area contributed by atoms with Crippen LogP contribution in [0, 0.1) is 11.8 Å². The second-order valence-corrected chi connectivity index (χ2v) is 16.3. The van der Waals surface area contributed by atoms with Crippen molar-refractivity contribution in [3.8, 4) is 0 Å². The Labute approximate surface area is 353 Å². The van der Waals surface area contributed by atoms with Crippen LogP contribution in [0.25, 0.3) is 0 Å². The zero-order chi connectivity index (χ0) is 41.1. The van der Waals surface area contributed by atoms with Gasteiger partial charge < -0.3 is 71.1 Å². The molecule has 2 aromatic carbocycles. The highest BCUT2D eigenvalue weighted by molar-refractivity contribution is 5.16. The molecule has 2 aromatic rings. The third-order valence-corrected chi connectivity index (χ3v) is 12.3. The van der Waals surface area contributed by atoms with E-state index in [1.54, 1.807) is 14.2 Å². The van der Waals surface area contributed by atoms with E-state index in [4.69, 9.17) is 71.1 Å². The molecule has 8 fully saturated rings. The van der Waals surface area contributed by atoms with Crippen LogP contribution in [-0.2, 0) is 84.3 Å². The molecule has 8 aliphatic rings. The molecular weight excluding hydrogens is 780 g/mol. The summed E-state index contributed by atoms with van der Waals surface area (Å²) in [7, 11) is 3.33. The smallest absolute Gasteiger partial charge is 0.272 e. The van der Waals surface area contributed by atoms with Crippen LogP contribution < -0.4 is 0 Å². The summed E-state index contributed by atoms with van der Waals surface area (Å²) in [5, 5.41) is 0. The molecule has 15 nitrogen and oxygen atoms in total. The lowest BCUT2D eigenvalue weighted by molar-refractivity contribution is -0.489. The van der Waals surface area contributed by atoms with Gasteiger partial charge in [-0.3, -0.25) is 0 Å². The highest BCUT2D eigenvalue weighted by Crippen LogP contribution is 2.51. The third kappa shape index (κ3) is 11.0. The first-order chi connectivity index (χ1) is 29.6. The summed E-state index contributed by atoms with van der Waals surface area (Å²) in [5.74, 6) is 0.384. The van der Waals surface area contributed by atoms with Crippen molar-refractivity contribution in [1.29, 1.82) is 0 Å². The Morgan fingerprint density at radius 1 is 0.483 bits per heavy atom. The zero-order valence-electron chi connectivity index (χ0n) is 35.2. The highest BCUT2D eigenvalue weighted by Gasteiger charge is 2.64. The molecule has 3 aliphatic carbocycles. The maximum absolute atomic E-state index is 6.64. The van der Waals surface area contributed by atoms with E-state index < -0.39 is 37.0 Å². The van der Waals surface area contributed by atoms with Crippen molar-refractivity contribution in [2.75, 3.05) is 86.9 Å². The Hall–Kier alpha value is -2.16. The van der Waals surface area contributed by atoms with Gasteiger partial charge in [-0.1, -0.05) is 60.7 Å². The van der Waals surface area contributed by atoms with Gasteiger partial charge >= 0.3 is 0 Å². The van der Waals surface area contributed by atoms with E-state index in [2.05, 4.69) is 0 Å². The van der Waals surface area contributed by atoms with E-state index >= 15 is 0 Å². The highest BCUT2D eigenvalue weighted by atomic mass is 16.9. The maximum atomic E-state index is 6.64. The molecule has 0 radical (unpaired) electrons. The third-order valence-electron chi connectivity index (χ3n) is 12.3. The fourth-order valence-corrected chi connectivity index (χ4v) is 9.65. The minimum absolute atomic E-state index is 0.0260. The molecule has 0 spiro atoms. The van der Waals surface area contributed by atoms with Gasteiger partial charge in [-0.25, -0.2) is 0 Å². The Bertz CT molecular complexity index is 1430. The molecule has 3 saturated carbocycles. The van der Waals surface area contributed by atoms with Gasteiger partial charge in [-0.2, -0.15) is 0 Å². The summed E-state index contributed by atoms with van der Waals surface area (Å²) in [4.78, 5) is 0. The van der Waals surface area contributed by atoms with Crippen molar-refractivity contribution in [3.05, 3.63) is 71.8 Å². The first-order valence-electron chi connectivity index (χ1n) is 21.8. The normalized spacial score (nSPS) is 35.4. The van der Waals surface area contributed by atoms with Gasteiger partial charge in [0.15, 0.2) is 0 Å². The molecule has 8 bridgehead atoms. The fraction of sp³-hybridized carbons (Fsp3) is 0.733. The molecule has 5 saturated heterocycles. The van der Waals surface area contributed by atoms with Crippen molar-refractivity contribution in [2.24, 2.45) is 11.8 Å². The Kier molecular flexibility index (Phi) is 16.6. The van der Waals surface area contributed by atoms with E-state index in [9.17, 15) is 0 Å². The van der Waals surface area contributed by atoms with Gasteiger partial charge in [0.1, 0.15) is 42.7 Å². The van der Waals surface area contributed by atoms with Crippen LogP contribution in [0.3, 0.4) is 0 Å². The second kappa shape index (κ2) is 22.5. The predicted octanol–water partition coefficient (Wildman–Crippen LogP) is 3.72. The van der Waals surface area contributed by atoms with Crippen molar-refractivity contribution < 1.29 is 71.1 Å². The lowest BCUT2D eigenvalue weighted by atomic mass is 9.62. The lowest BCUT2D eigenvalue weighted by Crippen LogP contribution is -2.76. The second-order valence-electron chi connectivity index (χ2n) is 16.3. The number of methoxy groups -OCH3 is 2. The van der Waals surface area contributed by atoms with Crippen LogP contribution in [0.5, 0.6) is 0 Å². The van der Waals surface area contributed by atoms with Gasteiger partial charge in [0.2, 0.25) is 0 Å². The largest absolute Gasteiger partial charge is 0.382 e. The fourth-order valence-electron chi connectivity index (χ4n) is 9.65. The molecule has 0 aromatic heterocycles. The van der Waals surface area contributed by atoms with Crippen LogP contribution >= 0.6 is 0 Å². The first-order valence-corrected chi connectivity index (χ1v) is 21.8. The molecule has 0 amide bonds. The molecule has 5 aliphatic heterocycles. The zero-order valence-corrected chi connectivity index (χ0v) is 35.2. The molecule has 15 heteroatoms. The van der Waals surface area contributed by atoms with Crippen LogP contribution in [0.1, 0.15) is 30.9 Å². The topological polar surface area (TPSA) is 138 Å². The summed E-state index contributed by atoms with van der Waals surface area (Å²) < 4.78 is 92.6. The average molecular weight is 845 g/mol. The van der Waals surface area contributed by atoms with Crippen LogP contribution in [0.4, 0.5) is 0 Å². The van der Waals surface area contributed by atoms with Crippen LogP contribution in [0.15, 0.2) is 60.7 Å². The number of hydrogen-bond donors (Lipinski definition) is 0. The van der Waals surface area contributed by atoms with Gasteiger partial charge in [0, 0.05) is 26.1 Å². The Balaban J connectivity index is 0.851. The Morgan fingerprint density at radius 2 is 0.933 bits per heavy atom. The van der Waals surface area contributed by atoms with E-state index in [1.807, 2.05) is 67.6 Å². The number of hydrogen-bond acceptors (Lipinski definition) is 15. The maximum Gasteiger partial charge on any atom is 0.272 e. The summed E-state index contributed by atoms with van der Waals surface area (Å²) in [6, 6.07) is 20.2. The van der Waals surface area contributed by atoms with Crippen LogP contribution in [0.2, 0.25) is 0 Å². The summed E-state index contributed by atoms with van der Waals surface area (Å²) >= 11 is 0. The summed E-state index contributed by atoms with van der Waals surface area (Å²) in [5.41, 5.74) is 2.12. The minimum Gasteiger partial charge on any atom is -0.382 e. The van der Waals surface area contributed by atoms with E-state index in [0.717, 1.165) is 24.0 Å². The van der Waals surface area contributed by atoms with E-state index in [0.29, 0.717) is 85.9 Å². The molecule has 0 N–H and O–H groups in total. The molecule has 10 rings (SSSR count). The summed E-state index contributed by atoms with van der Waals surface area (Å²) in [6.07, 6.45) is -1.36. The molecule has 334 valence electrons. The van der Waals surface area contributed by atoms with Crippen molar-refractivity contribution in [1.82, 2.24) is 0 Å². The molecule has 12 atom stereocenters. The van der Waals surface area contributed by atoms with Gasteiger partial charge in [0.05, 0.1) is 116 Å². The SMILES string of the molecule is COCCOCCOC1C2CC3CC1C(OCCO[C@H](C)COC1C4OC5OC(C4OCc4ccccc4)C(OCc4ccccc4)C1O5)C(O3)C2OCCOCCOC. The van der Waals surface area contributed by atoms with Crippen molar-refractivity contribution in [3.63, 3.8) is 0 Å². The number of benzene rings is 2. The molecule has 5 heterocycles. The van der Waals surface area contributed by atoms with Gasteiger partial charge in [-0.15, -0.1) is 0 Å². The molecular formula is C45H64O15. The van der Waals surface area contributed by atoms with Gasteiger partial charge in [0.25, 0.3) is 6.48 Å². The predicted molar refractivity (Wildman–Crippen MR) is 213 cm³/mol. The Morgan fingerprint density at radius 3 is 1.45 bits per heavy atom.